The van der Waals surface area contributed by atoms with Gasteiger partial charge < -0.3 is 0 Å². The fourth-order valence-electron chi connectivity index (χ4n) is 2.17. The molecule has 1 aliphatic rings. The Hall–Kier alpha value is -1.18. The van der Waals surface area contributed by atoms with Crippen LogP contribution in [0.3, 0.4) is 0 Å². The summed E-state index contributed by atoms with van der Waals surface area (Å²) >= 11 is 5.78. The highest BCUT2D eigenvalue weighted by molar-refractivity contribution is 7.89. The Morgan fingerprint density at radius 1 is 1.45 bits per heavy atom. The molecule has 1 aromatic carbocycles. The molecule has 0 N–H and O–H groups in total. The van der Waals surface area contributed by atoms with E-state index in [4.69, 9.17) is 11.6 Å². The molecule has 0 radical (unpaired) electrons. The molecule has 20 heavy (non-hydrogen) atoms. The van der Waals surface area contributed by atoms with Gasteiger partial charge in [-0.1, -0.05) is 18.5 Å². The predicted molar refractivity (Wildman–Crippen MR) is 75.4 cm³/mol. The number of rotatable bonds is 5. The minimum Gasteiger partial charge on any atom is -0.258 e. The molecule has 1 aromatic rings. The summed E-state index contributed by atoms with van der Waals surface area (Å²) < 4.78 is 26.6. The second-order valence-electron chi connectivity index (χ2n) is 4.77. The lowest BCUT2D eigenvalue weighted by Gasteiger charge is -2.21. The molecule has 110 valence electrons. The van der Waals surface area contributed by atoms with Crippen molar-refractivity contribution < 1.29 is 13.3 Å². The summed E-state index contributed by atoms with van der Waals surface area (Å²) in [6.45, 7) is 3.70. The zero-order chi connectivity index (χ0) is 15.1. The van der Waals surface area contributed by atoms with E-state index >= 15 is 0 Å². The van der Waals surface area contributed by atoms with Gasteiger partial charge in [-0.3, -0.25) is 10.1 Å². The third-order valence-corrected chi connectivity index (χ3v) is 5.77. The molecule has 1 fully saturated rings. The summed E-state index contributed by atoms with van der Waals surface area (Å²) in [5.41, 5.74) is 0.0300. The van der Waals surface area contributed by atoms with Gasteiger partial charge in [0.25, 0.3) is 5.69 Å². The zero-order valence-electron chi connectivity index (χ0n) is 11.2. The number of hydrogen-bond acceptors (Lipinski definition) is 4. The maximum atomic E-state index is 12.6. The Labute approximate surface area is 122 Å². The fraction of sp³-hybridized carbons (Fsp3) is 0.500. The van der Waals surface area contributed by atoms with E-state index in [-0.39, 0.29) is 21.6 Å². The summed E-state index contributed by atoms with van der Waals surface area (Å²) in [6, 6.07) is 2.39. The Balaban J connectivity index is 2.56. The summed E-state index contributed by atoms with van der Waals surface area (Å²) in [7, 11) is -3.72. The first-order valence-electron chi connectivity index (χ1n) is 6.25. The first-order chi connectivity index (χ1) is 9.28. The molecule has 2 rings (SSSR count). The van der Waals surface area contributed by atoms with Gasteiger partial charge in [-0.05, 0) is 31.4 Å². The van der Waals surface area contributed by atoms with Crippen LogP contribution in [0, 0.1) is 17.0 Å². The third-order valence-electron chi connectivity index (χ3n) is 3.29. The van der Waals surface area contributed by atoms with Crippen LogP contribution < -0.4 is 0 Å². The van der Waals surface area contributed by atoms with Crippen molar-refractivity contribution in [1.29, 1.82) is 0 Å². The molecule has 0 saturated heterocycles. The van der Waals surface area contributed by atoms with Crippen LogP contribution in [0.5, 0.6) is 0 Å². The first-order valence-corrected chi connectivity index (χ1v) is 8.07. The largest absolute Gasteiger partial charge is 0.289 e. The summed E-state index contributed by atoms with van der Waals surface area (Å²) in [5.74, 6) is 0. The third kappa shape index (κ3) is 2.65. The minimum atomic E-state index is -3.72. The molecule has 0 spiro atoms. The normalized spacial score (nSPS) is 15.6. The topological polar surface area (TPSA) is 80.5 Å². The highest BCUT2D eigenvalue weighted by Gasteiger charge is 2.38. The first kappa shape index (κ1) is 15.2. The van der Waals surface area contributed by atoms with Gasteiger partial charge in [0.05, 0.1) is 9.82 Å². The van der Waals surface area contributed by atoms with Crippen LogP contribution in [0.2, 0.25) is 5.02 Å². The molecule has 1 saturated carbocycles. The lowest BCUT2D eigenvalue weighted by atomic mass is 10.2. The van der Waals surface area contributed by atoms with E-state index < -0.39 is 14.9 Å². The molecule has 0 unspecified atom stereocenters. The van der Waals surface area contributed by atoms with Gasteiger partial charge in [0.1, 0.15) is 5.02 Å². The monoisotopic (exact) mass is 318 g/mol. The van der Waals surface area contributed by atoms with E-state index in [1.165, 1.54) is 10.4 Å². The Bertz CT molecular complexity index is 656. The molecule has 0 heterocycles. The van der Waals surface area contributed by atoms with Crippen LogP contribution in [0.1, 0.15) is 25.3 Å². The highest BCUT2D eigenvalue weighted by atomic mass is 35.5. The van der Waals surface area contributed by atoms with Crippen molar-refractivity contribution in [3.05, 3.63) is 32.8 Å². The average molecular weight is 319 g/mol. The number of aryl methyl sites for hydroxylation is 1. The molecule has 1 aliphatic carbocycles. The van der Waals surface area contributed by atoms with Crippen molar-refractivity contribution in [2.24, 2.45) is 0 Å². The molecular weight excluding hydrogens is 304 g/mol. The van der Waals surface area contributed by atoms with Crippen LogP contribution in [0.15, 0.2) is 17.0 Å². The molecular formula is C12H15ClN2O4S. The van der Waals surface area contributed by atoms with Gasteiger partial charge in [0.15, 0.2) is 0 Å². The quantitative estimate of drug-likeness (QED) is 0.617. The maximum Gasteiger partial charge on any atom is 0.289 e. The van der Waals surface area contributed by atoms with Crippen molar-refractivity contribution in [3.63, 3.8) is 0 Å². The molecule has 0 bridgehead atoms. The maximum absolute atomic E-state index is 12.6. The minimum absolute atomic E-state index is 0.0131. The van der Waals surface area contributed by atoms with E-state index in [1.54, 1.807) is 13.8 Å². The molecule has 6 nitrogen and oxygen atoms in total. The van der Waals surface area contributed by atoms with E-state index in [9.17, 15) is 18.5 Å². The van der Waals surface area contributed by atoms with Crippen LogP contribution in [0.4, 0.5) is 5.69 Å². The molecule has 0 amide bonds. The Kier molecular flexibility index (Phi) is 4.04. The lowest BCUT2D eigenvalue weighted by molar-refractivity contribution is -0.384. The van der Waals surface area contributed by atoms with Crippen LogP contribution in [-0.2, 0) is 10.0 Å². The van der Waals surface area contributed by atoms with E-state index in [0.29, 0.717) is 12.1 Å². The van der Waals surface area contributed by atoms with Gasteiger partial charge >= 0.3 is 0 Å². The van der Waals surface area contributed by atoms with Crippen molar-refractivity contribution in [2.45, 2.75) is 37.6 Å². The van der Waals surface area contributed by atoms with Crippen molar-refractivity contribution in [3.8, 4) is 0 Å². The van der Waals surface area contributed by atoms with Crippen molar-refractivity contribution in [2.75, 3.05) is 6.54 Å². The average Bonchev–Trinajstić information content (AvgIpc) is 3.12. The number of nitro benzene ring substituents is 1. The fourth-order valence-corrected chi connectivity index (χ4v) is 4.38. The van der Waals surface area contributed by atoms with E-state index in [2.05, 4.69) is 0 Å². The zero-order valence-corrected chi connectivity index (χ0v) is 12.7. The SMILES string of the molecule is CCN(C1CC1)S(=O)(=O)c1cc([N+](=O)[O-])c(Cl)cc1C. The second kappa shape index (κ2) is 5.31. The highest BCUT2D eigenvalue weighted by Crippen LogP contribution is 2.35. The number of sulfonamides is 1. The standard InChI is InChI=1S/C12H15ClN2O4S/c1-3-14(9-4-5-9)20(18,19)12-7-11(15(16)17)10(13)6-8(12)2/h6-7,9H,3-5H2,1-2H3. The summed E-state index contributed by atoms with van der Waals surface area (Å²) in [6.07, 6.45) is 1.67. The van der Waals surface area contributed by atoms with Gasteiger partial charge in [-0.25, -0.2) is 8.42 Å². The van der Waals surface area contributed by atoms with E-state index in [1.807, 2.05) is 0 Å². The molecule has 0 aliphatic heterocycles. The number of halogens is 1. The number of nitro groups is 1. The second-order valence-corrected chi connectivity index (χ2v) is 7.03. The Morgan fingerprint density at radius 2 is 2.05 bits per heavy atom. The van der Waals surface area contributed by atoms with Crippen LogP contribution >= 0.6 is 11.6 Å². The van der Waals surface area contributed by atoms with Crippen molar-refractivity contribution in [1.82, 2.24) is 4.31 Å². The predicted octanol–water partition coefficient (Wildman–Crippen LogP) is 2.73. The number of nitrogens with zero attached hydrogens (tertiary/aromatic N) is 2. The van der Waals surface area contributed by atoms with Gasteiger partial charge in [0.2, 0.25) is 10.0 Å². The summed E-state index contributed by atoms with van der Waals surface area (Å²) in [4.78, 5) is 10.2. The van der Waals surface area contributed by atoms with Gasteiger partial charge in [-0.2, -0.15) is 4.31 Å². The van der Waals surface area contributed by atoms with Gasteiger partial charge in [0, 0.05) is 18.7 Å². The number of hydrogen-bond donors (Lipinski definition) is 0. The Morgan fingerprint density at radius 3 is 2.50 bits per heavy atom. The van der Waals surface area contributed by atoms with Crippen LogP contribution in [0.25, 0.3) is 0 Å². The lowest BCUT2D eigenvalue weighted by Crippen LogP contribution is -2.33. The smallest absolute Gasteiger partial charge is 0.258 e. The molecule has 0 atom stereocenters. The van der Waals surface area contributed by atoms with Crippen molar-refractivity contribution >= 4 is 27.3 Å². The summed E-state index contributed by atoms with van der Waals surface area (Å²) in [5, 5.41) is 10.9. The van der Waals surface area contributed by atoms with Crippen LogP contribution in [-0.4, -0.2) is 30.2 Å². The number of benzene rings is 1. The molecule has 0 aromatic heterocycles. The van der Waals surface area contributed by atoms with E-state index in [0.717, 1.165) is 18.9 Å². The van der Waals surface area contributed by atoms with Gasteiger partial charge in [-0.15, -0.1) is 0 Å². The molecule has 8 heteroatoms.